The maximum absolute atomic E-state index is 12.7. The maximum atomic E-state index is 12.7. The quantitative estimate of drug-likeness (QED) is 0.0271. The monoisotopic (exact) mass is 731 g/mol. The van der Waals surface area contributed by atoms with Crippen molar-refractivity contribution in [2.75, 3.05) is 13.2 Å². The first-order valence-corrected chi connectivity index (χ1v) is 22.0. The summed E-state index contributed by atoms with van der Waals surface area (Å²) in [6.45, 7) is 6.46. The average Bonchev–Trinajstić information content (AvgIpc) is 3.14. The van der Waals surface area contributed by atoms with Crippen LogP contribution in [0, 0.1) is 0 Å². The Hall–Kier alpha value is -2.37. The molecule has 0 saturated carbocycles. The Labute approximate surface area is 321 Å². The van der Waals surface area contributed by atoms with E-state index in [1.54, 1.807) is 0 Å². The first-order chi connectivity index (χ1) is 25.5. The molecule has 0 aromatic rings. The number of carbonyl (C=O) groups is 3. The summed E-state index contributed by atoms with van der Waals surface area (Å²) in [5, 5.41) is 0. The lowest BCUT2D eigenvalue weighted by atomic mass is 10.0. The van der Waals surface area contributed by atoms with Gasteiger partial charge in [0, 0.05) is 19.3 Å². The molecule has 0 aromatic heterocycles. The van der Waals surface area contributed by atoms with Gasteiger partial charge in [-0.15, -0.1) is 0 Å². The molecule has 0 radical (unpaired) electrons. The molecule has 0 bridgehead atoms. The van der Waals surface area contributed by atoms with Crippen LogP contribution in [-0.2, 0) is 28.6 Å². The lowest BCUT2D eigenvalue weighted by Gasteiger charge is -2.18. The first-order valence-electron chi connectivity index (χ1n) is 22.0. The average molecular weight is 731 g/mol. The zero-order chi connectivity index (χ0) is 38.0. The lowest BCUT2D eigenvalue weighted by molar-refractivity contribution is -0.167. The van der Waals surface area contributed by atoms with E-state index in [9.17, 15) is 14.4 Å². The molecule has 0 amide bonds. The van der Waals surface area contributed by atoms with E-state index in [1.165, 1.54) is 103 Å². The number of hydrogen-bond donors (Lipinski definition) is 0. The van der Waals surface area contributed by atoms with Crippen molar-refractivity contribution in [3.05, 3.63) is 36.5 Å². The minimum absolute atomic E-state index is 0.0812. The Kier molecular flexibility index (Phi) is 39.5. The van der Waals surface area contributed by atoms with E-state index in [-0.39, 0.29) is 31.1 Å². The minimum atomic E-state index is -0.779. The molecule has 302 valence electrons. The fourth-order valence-corrected chi connectivity index (χ4v) is 6.10. The van der Waals surface area contributed by atoms with E-state index in [2.05, 4.69) is 57.2 Å². The molecule has 0 aliphatic rings. The second kappa shape index (κ2) is 41.4. The van der Waals surface area contributed by atoms with Gasteiger partial charge < -0.3 is 14.2 Å². The van der Waals surface area contributed by atoms with Crippen LogP contribution in [0.15, 0.2) is 36.5 Å². The van der Waals surface area contributed by atoms with Crippen molar-refractivity contribution < 1.29 is 28.6 Å². The van der Waals surface area contributed by atoms with E-state index in [0.717, 1.165) is 77.0 Å². The molecule has 6 nitrogen and oxygen atoms in total. The molecular weight excluding hydrogens is 648 g/mol. The number of rotatable bonds is 39. The summed E-state index contributed by atoms with van der Waals surface area (Å²) in [6, 6.07) is 0. The van der Waals surface area contributed by atoms with Crippen LogP contribution in [0.25, 0.3) is 0 Å². The van der Waals surface area contributed by atoms with Crippen molar-refractivity contribution in [3.8, 4) is 0 Å². The normalized spacial score (nSPS) is 12.3. The zero-order valence-corrected chi connectivity index (χ0v) is 34.3. The van der Waals surface area contributed by atoms with E-state index in [0.29, 0.717) is 19.3 Å². The molecule has 0 spiro atoms. The summed E-state index contributed by atoms with van der Waals surface area (Å²) < 4.78 is 16.6. The highest BCUT2D eigenvalue weighted by molar-refractivity contribution is 5.71. The Morgan fingerprint density at radius 1 is 0.404 bits per heavy atom. The van der Waals surface area contributed by atoms with Crippen LogP contribution < -0.4 is 0 Å². The maximum Gasteiger partial charge on any atom is 0.306 e. The number of unbranched alkanes of at least 4 members (excludes halogenated alkanes) is 22. The van der Waals surface area contributed by atoms with Crippen LogP contribution in [0.2, 0.25) is 0 Å². The molecule has 0 N–H and O–H groups in total. The third-order valence-electron chi connectivity index (χ3n) is 9.41. The van der Waals surface area contributed by atoms with Gasteiger partial charge in [-0.2, -0.15) is 0 Å². The fraction of sp³-hybridized carbons (Fsp3) is 0.804. The molecule has 0 heterocycles. The van der Waals surface area contributed by atoms with Gasteiger partial charge in [0.15, 0.2) is 6.10 Å². The summed E-state index contributed by atoms with van der Waals surface area (Å²) >= 11 is 0. The molecule has 0 saturated heterocycles. The predicted molar refractivity (Wildman–Crippen MR) is 219 cm³/mol. The zero-order valence-electron chi connectivity index (χ0n) is 34.3. The number of esters is 3. The highest BCUT2D eigenvalue weighted by atomic mass is 16.6. The summed E-state index contributed by atoms with van der Waals surface area (Å²) in [4.78, 5) is 37.6. The number of carbonyl (C=O) groups excluding carboxylic acids is 3. The Morgan fingerprint density at radius 2 is 0.750 bits per heavy atom. The Balaban J connectivity index is 4.41. The number of allylic oxidation sites excluding steroid dienone is 6. The van der Waals surface area contributed by atoms with Crippen molar-refractivity contribution in [2.45, 2.75) is 226 Å². The van der Waals surface area contributed by atoms with Crippen LogP contribution in [0.1, 0.15) is 220 Å². The molecular formula is C46H82O6. The second-order valence-electron chi connectivity index (χ2n) is 14.6. The number of ether oxygens (including phenoxy) is 3. The van der Waals surface area contributed by atoms with Crippen molar-refractivity contribution in [1.82, 2.24) is 0 Å². The van der Waals surface area contributed by atoms with Crippen molar-refractivity contribution in [3.63, 3.8) is 0 Å². The Bertz CT molecular complexity index is 891. The van der Waals surface area contributed by atoms with Crippen LogP contribution in [0.5, 0.6) is 0 Å². The molecule has 1 unspecified atom stereocenters. The summed E-state index contributed by atoms with van der Waals surface area (Å²) in [6.07, 6.45) is 45.6. The molecule has 0 fully saturated rings. The highest BCUT2D eigenvalue weighted by Gasteiger charge is 2.19. The second-order valence-corrected chi connectivity index (χ2v) is 14.6. The SMILES string of the molecule is CC/C=C\C/C=C\C/C=C\CCCCC(=O)OCC(COC(=O)CCCCCCCCCCCC)OC(=O)CCCCCCCCCCCCCC. The molecule has 0 aliphatic heterocycles. The molecule has 6 heteroatoms. The van der Waals surface area contributed by atoms with Crippen molar-refractivity contribution >= 4 is 17.9 Å². The van der Waals surface area contributed by atoms with Gasteiger partial charge in [0.1, 0.15) is 13.2 Å². The molecule has 0 aromatic carbocycles. The topological polar surface area (TPSA) is 78.9 Å². The Morgan fingerprint density at radius 3 is 1.17 bits per heavy atom. The summed E-state index contributed by atoms with van der Waals surface area (Å²) in [5.41, 5.74) is 0. The van der Waals surface area contributed by atoms with Gasteiger partial charge in [-0.3, -0.25) is 14.4 Å². The highest BCUT2D eigenvalue weighted by Crippen LogP contribution is 2.14. The van der Waals surface area contributed by atoms with Crippen LogP contribution in [-0.4, -0.2) is 37.2 Å². The van der Waals surface area contributed by atoms with Gasteiger partial charge in [0.05, 0.1) is 0 Å². The van der Waals surface area contributed by atoms with Gasteiger partial charge in [0.2, 0.25) is 0 Å². The van der Waals surface area contributed by atoms with Crippen LogP contribution in [0.3, 0.4) is 0 Å². The summed E-state index contributed by atoms with van der Waals surface area (Å²) in [7, 11) is 0. The van der Waals surface area contributed by atoms with Crippen LogP contribution >= 0.6 is 0 Å². The van der Waals surface area contributed by atoms with E-state index < -0.39 is 6.10 Å². The number of hydrogen-bond acceptors (Lipinski definition) is 6. The fourth-order valence-electron chi connectivity index (χ4n) is 6.10. The molecule has 0 aliphatic carbocycles. The van der Waals surface area contributed by atoms with Crippen LogP contribution in [0.4, 0.5) is 0 Å². The largest absolute Gasteiger partial charge is 0.462 e. The third kappa shape index (κ3) is 38.9. The minimum Gasteiger partial charge on any atom is -0.462 e. The standard InChI is InChI=1S/C46H82O6/c1-4-7-10-13-16-19-22-24-27-30-33-36-39-45(48)51-42-43(41-50-44(47)38-35-32-29-26-21-18-15-12-9-6-3)52-46(49)40-37-34-31-28-25-23-20-17-14-11-8-5-2/h7,10,16,19,24,27,43H,4-6,8-9,11-15,17-18,20-23,25-26,28-42H2,1-3H3/b10-7-,19-16-,27-24-. The lowest BCUT2D eigenvalue weighted by Crippen LogP contribution is -2.30. The van der Waals surface area contributed by atoms with Crippen molar-refractivity contribution in [1.29, 1.82) is 0 Å². The van der Waals surface area contributed by atoms with Gasteiger partial charge >= 0.3 is 17.9 Å². The van der Waals surface area contributed by atoms with E-state index >= 15 is 0 Å². The predicted octanol–water partition coefficient (Wildman–Crippen LogP) is 13.8. The summed E-state index contributed by atoms with van der Waals surface area (Å²) in [5.74, 6) is -0.923. The molecule has 0 rings (SSSR count). The third-order valence-corrected chi connectivity index (χ3v) is 9.41. The van der Waals surface area contributed by atoms with Gasteiger partial charge in [-0.05, 0) is 51.4 Å². The van der Waals surface area contributed by atoms with E-state index in [4.69, 9.17) is 14.2 Å². The smallest absolute Gasteiger partial charge is 0.306 e. The van der Waals surface area contributed by atoms with E-state index in [1.807, 2.05) is 0 Å². The van der Waals surface area contributed by atoms with Crippen molar-refractivity contribution in [2.24, 2.45) is 0 Å². The molecule has 1 atom stereocenters. The first kappa shape index (κ1) is 49.6. The molecule has 52 heavy (non-hydrogen) atoms. The van der Waals surface area contributed by atoms with Gasteiger partial charge in [-0.25, -0.2) is 0 Å². The van der Waals surface area contributed by atoms with Gasteiger partial charge in [-0.1, -0.05) is 186 Å². The van der Waals surface area contributed by atoms with Gasteiger partial charge in [0.25, 0.3) is 0 Å².